The van der Waals surface area contributed by atoms with Crippen LogP contribution in [0.5, 0.6) is 0 Å². The standard InChI is InChI=1S/C27H34N2O5/c1-18(2)25(26(32)28-16-10-4-3-5-15-24(30)31)29-27(33)34-17-23-21-13-8-6-11-19(21)20-12-7-9-14-22(20)23/h6-9,11-14,18,23,25H,3-5,10,15-17H2,1-2H3,(H,28,32)(H,29,33)(H,30,31)/t25-/m0/s1. The van der Waals surface area contributed by atoms with Gasteiger partial charge in [-0.2, -0.15) is 0 Å². The number of carboxylic acids is 1. The molecule has 2 aromatic carbocycles. The molecule has 0 aromatic heterocycles. The van der Waals surface area contributed by atoms with Gasteiger partial charge in [0.15, 0.2) is 0 Å². The Morgan fingerprint density at radius 1 is 0.912 bits per heavy atom. The molecule has 0 unspecified atom stereocenters. The van der Waals surface area contributed by atoms with Crippen LogP contribution in [-0.2, 0) is 14.3 Å². The van der Waals surface area contributed by atoms with Gasteiger partial charge in [0.05, 0.1) is 0 Å². The first-order valence-electron chi connectivity index (χ1n) is 12.0. The van der Waals surface area contributed by atoms with Crippen molar-refractivity contribution in [3.05, 3.63) is 59.7 Å². The van der Waals surface area contributed by atoms with Crippen molar-refractivity contribution in [2.75, 3.05) is 13.2 Å². The van der Waals surface area contributed by atoms with E-state index in [0.717, 1.165) is 41.5 Å². The topological polar surface area (TPSA) is 105 Å². The molecule has 7 nitrogen and oxygen atoms in total. The van der Waals surface area contributed by atoms with Gasteiger partial charge in [0.1, 0.15) is 12.6 Å². The van der Waals surface area contributed by atoms with Crippen molar-refractivity contribution in [2.24, 2.45) is 5.92 Å². The number of hydrogen-bond acceptors (Lipinski definition) is 4. The maximum Gasteiger partial charge on any atom is 0.407 e. The van der Waals surface area contributed by atoms with Gasteiger partial charge in [0.2, 0.25) is 5.91 Å². The van der Waals surface area contributed by atoms with Crippen molar-refractivity contribution in [1.82, 2.24) is 10.6 Å². The zero-order valence-electron chi connectivity index (χ0n) is 19.9. The number of nitrogens with one attached hydrogen (secondary N) is 2. The number of unbranched alkanes of at least 4 members (excludes halogenated alkanes) is 3. The van der Waals surface area contributed by atoms with Crippen LogP contribution >= 0.6 is 0 Å². The quantitative estimate of drug-likeness (QED) is 0.393. The third-order valence-electron chi connectivity index (χ3n) is 6.18. The maximum atomic E-state index is 12.6. The Balaban J connectivity index is 1.48. The molecular formula is C27H34N2O5. The maximum absolute atomic E-state index is 12.6. The molecule has 1 atom stereocenters. The van der Waals surface area contributed by atoms with Crippen LogP contribution in [-0.4, -0.2) is 42.3 Å². The van der Waals surface area contributed by atoms with Gasteiger partial charge in [-0.15, -0.1) is 0 Å². The summed E-state index contributed by atoms with van der Waals surface area (Å²) in [5.74, 6) is -1.16. The molecular weight excluding hydrogens is 432 g/mol. The van der Waals surface area contributed by atoms with E-state index in [-0.39, 0.29) is 30.8 Å². The molecule has 0 saturated heterocycles. The van der Waals surface area contributed by atoms with Crippen molar-refractivity contribution in [2.45, 2.75) is 57.9 Å². The third kappa shape index (κ3) is 6.59. The third-order valence-corrected chi connectivity index (χ3v) is 6.18. The molecule has 3 N–H and O–H groups in total. The summed E-state index contributed by atoms with van der Waals surface area (Å²) in [6, 6.07) is 15.6. The summed E-state index contributed by atoms with van der Waals surface area (Å²) < 4.78 is 5.58. The summed E-state index contributed by atoms with van der Waals surface area (Å²) in [6.45, 7) is 4.43. The van der Waals surface area contributed by atoms with Gasteiger partial charge in [0, 0.05) is 18.9 Å². The first kappa shape index (κ1) is 25.3. The van der Waals surface area contributed by atoms with Gasteiger partial charge in [-0.05, 0) is 41.0 Å². The smallest absolute Gasteiger partial charge is 0.407 e. The normalized spacial score (nSPS) is 13.1. The minimum absolute atomic E-state index is 0.0365. The SMILES string of the molecule is CC(C)[C@H](NC(=O)OCC1c2ccccc2-c2ccccc21)C(=O)NCCCCCCC(=O)O. The highest BCUT2D eigenvalue weighted by Gasteiger charge is 2.30. The Morgan fingerprint density at radius 2 is 1.50 bits per heavy atom. The minimum Gasteiger partial charge on any atom is -0.481 e. The molecule has 0 fully saturated rings. The van der Waals surface area contributed by atoms with Crippen LogP contribution in [0.15, 0.2) is 48.5 Å². The number of alkyl carbamates (subject to hydrolysis) is 1. The van der Waals surface area contributed by atoms with E-state index in [1.807, 2.05) is 38.1 Å². The minimum atomic E-state index is -0.785. The number of aliphatic carboxylic acids is 1. The summed E-state index contributed by atoms with van der Waals surface area (Å²) >= 11 is 0. The van der Waals surface area contributed by atoms with Gasteiger partial charge in [0.25, 0.3) is 0 Å². The van der Waals surface area contributed by atoms with Crippen molar-refractivity contribution < 1.29 is 24.2 Å². The number of fused-ring (bicyclic) bond motifs is 3. The fourth-order valence-electron chi connectivity index (χ4n) is 4.38. The van der Waals surface area contributed by atoms with E-state index in [4.69, 9.17) is 9.84 Å². The van der Waals surface area contributed by atoms with Gasteiger partial charge < -0.3 is 20.5 Å². The molecule has 182 valence electrons. The second kappa shape index (κ2) is 12.2. The van der Waals surface area contributed by atoms with Crippen molar-refractivity contribution >= 4 is 18.0 Å². The van der Waals surface area contributed by atoms with Crippen LogP contribution < -0.4 is 10.6 Å². The second-order valence-electron chi connectivity index (χ2n) is 9.04. The molecule has 0 saturated carbocycles. The zero-order chi connectivity index (χ0) is 24.5. The first-order chi connectivity index (χ1) is 16.4. The van der Waals surface area contributed by atoms with Gasteiger partial charge in [-0.1, -0.05) is 75.2 Å². The highest BCUT2D eigenvalue weighted by Crippen LogP contribution is 2.44. The molecule has 2 amide bonds. The Morgan fingerprint density at radius 3 is 2.09 bits per heavy atom. The zero-order valence-corrected chi connectivity index (χ0v) is 19.9. The Bertz CT molecular complexity index is 959. The predicted molar refractivity (Wildman–Crippen MR) is 131 cm³/mol. The van der Waals surface area contributed by atoms with E-state index in [0.29, 0.717) is 13.0 Å². The molecule has 0 aliphatic heterocycles. The molecule has 3 rings (SSSR count). The number of rotatable bonds is 12. The van der Waals surface area contributed by atoms with Crippen LogP contribution in [0.25, 0.3) is 11.1 Å². The number of ether oxygens (including phenoxy) is 1. The van der Waals surface area contributed by atoms with E-state index < -0.39 is 18.1 Å². The lowest BCUT2D eigenvalue weighted by Gasteiger charge is -2.22. The molecule has 1 aliphatic rings. The molecule has 34 heavy (non-hydrogen) atoms. The number of amides is 2. The van der Waals surface area contributed by atoms with Crippen LogP contribution in [0.4, 0.5) is 4.79 Å². The number of carbonyl (C=O) groups excluding carboxylic acids is 2. The second-order valence-corrected chi connectivity index (χ2v) is 9.04. The van der Waals surface area contributed by atoms with Crippen molar-refractivity contribution in [3.8, 4) is 11.1 Å². The highest BCUT2D eigenvalue weighted by molar-refractivity contribution is 5.86. The van der Waals surface area contributed by atoms with Gasteiger partial charge >= 0.3 is 12.1 Å². The number of hydrogen-bond donors (Lipinski definition) is 3. The van der Waals surface area contributed by atoms with Gasteiger partial charge in [-0.25, -0.2) is 4.79 Å². The largest absolute Gasteiger partial charge is 0.481 e. The molecule has 0 spiro atoms. The van der Waals surface area contributed by atoms with E-state index in [1.54, 1.807) is 0 Å². The predicted octanol–water partition coefficient (Wildman–Crippen LogP) is 4.70. The average molecular weight is 467 g/mol. The van der Waals surface area contributed by atoms with Crippen LogP contribution in [0.3, 0.4) is 0 Å². The van der Waals surface area contributed by atoms with Crippen molar-refractivity contribution in [1.29, 1.82) is 0 Å². The van der Waals surface area contributed by atoms with Crippen LogP contribution in [0.2, 0.25) is 0 Å². The molecule has 0 bridgehead atoms. The lowest BCUT2D eigenvalue weighted by molar-refractivity contribution is -0.137. The summed E-state index contributed by atoms with van der Waals surface area (Å²) in [7, 11) is 0. The number of carboxylic acid groups (broad SMARTS) is 1. The highest BCUT2D eigenvalue weighted by atomic mass is 16.5. The summed E-state index contributed by atoms with van der Waals surface area (Å²) in [4.78, 5) is 35.7. The monoisotopic (exact) mass is 466 g/mol. The lowest BCUT2D eigenvalue weighted by Crippen LogP contribution is -2.50. The average Bonchev–Trinajstić information content (AvgIpc) is 3.13. The molecule has 0 heterocycles. The fraction of sp³-hybridized carbons (Fsp3) is 0.444. The van der Waals surface area contributed by atoms with E-state index >= 15 is 0 Å². The lowest BCUT2D eigenvalue weighted by atomic mass is 9.98. The molecule has 1 aliphatic carbocycles. The molecule has 0 radical (unpaired) electrons. The first-order valence-corrected chi connectivity index (χ1v) is 12.0. The Labute approximate surface area is 200 Å². The van der Waals surface area contributed by atoms with E-state index in [1.165, 1.54) is 0 Å². The van der Waals surface area contributed by atoms with Crippen LogP contribution in [0.1, 0.15) is 63.0 Å². The Kier molecular flexibility index (Phi) is 9.08. The van der Waals surface area contributed by atoms with Crippen LogP contribution in [0, 0.1) is 5.92 Å². The summed E-state index contributed by atoms with van der Waals surface area (Å²) in [5, 5.41) is 14.2. The summed E-state index contributed by atoms with van der Waals surface area (Å²) in [5.41, 5.74) is 4.60. The molecule has 2 aromatic rings. The number of carbonyl (C=O) groups is 3. The fourth-order valence-corrected chi connectivity index (χ4v) is 4.38. The van der Waals surface area contributed by atoms with E-state index in [9.17, 15) is 14.4 Å². The van der Waals surface area contributed by atoms with Gasteiger partial charge in [-0.3, -0.25) is 9.59 Å². The molecule has 7 heteroatoms. The van der Waals surface area contributed by atoms with Crippen molar-refractivity contribution in [3.63, 3.8) is 0 Å². The summed E-state index contributed by atoms with van der Waals surface area (Å²) in [6.07, 6.45) is 2.63. The number of benzene rings is 2. The van der Waals surface area contributed by atoms with E-state index in [2.05, 4.69) is 34.9 Å². The Hall–Kier alpha value is -3.35.